The summed E-state index contributed by atoms with van der Waals surface area (Å²) in [5.74, 6) is 0.0911. The first-order valence-electron chi connectivity index (χ1n) is 5.77. The number of nitrogens with zero attached hydrogens (tertiary/aromatic N) is 2. The Kier molecular flexibility index (Phi) is 2.66. The molecule has 0 N–H and O–H groups in total. The van der Waals surface area contributed by atoms with Gasteiger partial charge in [0.15, 0.2) is 0 Å². The van der Waals surface area contributed by atoms with Crippen molar-refractivity contribution in [2.45, 2.75) is 32.1 Å². The van der Waals surface area contributed by atoms with Crippen LogP contribution in [0.5, 0.6) is 0 Å². The van der Waals surface area contributed by atoms with Gasteiger partial charge in [0.2, 0.25) is 5.91 Å². The summed E-state index contributed by atoms with van der Waals surface area (Å²) in [6, 6.07) is 8.19. The molecule has 0 bridgehead atoms. The maximum absolute atomic E-state index is 12.3. The van der Waals surface area contributed by atoms with Crippen LogP contribution in [-0.2, 0) is 10.2 Å². The van der Waals surface area contributed by atoms with Gasteiger partial charge in [-0.15, -0.1) is 0 Å². The number of hydrogen-bond donors (Lipinski definition) is 0. The van der Waals surface area contributed by atoms with Crippen LogP contribution < -0.4 is 4.90 Å². The smallest absolute Gasteiger partial charge is 0.237 e. The fourth-order valence-corrected chi connectivity index (χ4v) is 2.53. The average Bonchev–Trinajstić information content (AvgIpc) is 2.50. The second kappa shape index (κ2) is 3.89. The van der Waals surface area contributed by atoms with Crippen molar-refractivity contribution in [1.29, 1.82) is 5.26 Å². The van der Waals surface area contributed by atoms with Crippen LogP contribution in [0.15, 0.2) is 18.2 Å². The molecule has 0 spiro atoms. The second-order valence-corrected chi connectivity index (χ2v) is 4.87. The average molecular weight is 228 g/mol. The van der Waals surface area contributed by atoms with E-state index in [9.17, 15) is 4.79 Å². The van der Waals surface area contributed by atoms with Gasteiger partial charge in [0.05, 0.1) is 11.5 Å². The molecule has 1 aromatic rings. The van der Waals surface area contributed by atoms with E-state index in [0.717, 1.165) is 16.8 Å². The predicted molar refractivity (Wildman–Crippen MR) is 66.8 cm³/mol. The van der Waals surface area contributed by atoms with Crippen LogP contribution in [0.3, 0.4) is 0 Å². The third kappa shape index (κ3) is 1.61. The summed E-state index contributed by atoms with van der Waals surface area (Å²) >= 11 is 0. The fraction of sp³-hybridized carbons (Fsp3) is 0.429. The Morgan fingerprint density at radius 2 is 2.18 bits per heavy atom. The predicted octanol–water partition coefficient (Wildman–Crippen LogP) is 2.53. The van der Waals surface area contributed by atoms with E-state index in [2.05, 4.69) is 12.1 Å². The van der Waals surface area contributed by atoms with Gasteiger partial charge in [-0.25, -0.2) is 0 Å². The van der Waals surface area contributed by atoms with Crippen LogP contribution >= 0.6 is 0 Å². The minimum absolute atomic E-state index is 0.0911. The summed E-state index contributed by atoms with van der Waals surface area (Å²) in [5.41, 5.74) is 2.64. The van der Waals surface area contributed by atoms with Gasteiger partial charge in [0.25, 0.3) is 0 Å². The van der Waals surface area contributed by atoms with Crippen LogP contribution in [0, 0.1) is 18.3 Å². The summed E-state index contributed by atoms with van der Waals surface area (Å²) in [4.78, 5) is 14.0. The number of carbonyl (C=O) groups is 1. The van der Waals surface area contributed by atoms with Crippen LogP contribution in [0.25, 0.3) is 0 Å². The Labute approximate surface area is 102 Å². The molecule has 1 atom stereocenters. The molecule has 88 valence electrons. The monoisotopic (exact) mass is 228 g/mol. The maximum atomic E-state index is 12.3. The number of carbonyl (C=O) groups excluding carboxylic acids is 1. The van der Waals surface area contributed by atoms with E-state index < -0.39 is 5.41 Å². The number of aryl methyl sites for hydroxylation is 1. The van der Waals surface area contributed by atoms with Crippen molar-refractivity contribution in [3.63, 3.8) is 0 Å². The van der Waals surface area contributed by atoms with Crippen molar-refractivity contribution in [3.8, 4) is 6.07 Å². The highest BCUT2D eigenvalue weighted by molar-refractivity contribution is 6.07. The van der Waals surface area contributed by atoms with Crippen molar-refractivity contribution >= 4 is 11.6 Å². The molecule has 0 fully saturated rings. The quantitative estimate of drug-likeness (QED) is 0.780. The van der Waals surface area contributed by atoms with E-state index in [-0.39, 0.29) is 5.91 Å². The van der Waals surface area contributed by atoms with E-state index in [1.165, 1.54) is 0 Å². The lowest BCUT2D eigenvalue weighted by Gasteiger charge is -2.21. The molecule has 0 aliphatic carbocycles. The normalized spacial score (nSPS) is 22.5. The summed E-state index contributed by atoms with van der Waals surface area (Å²) in [6.07, 6.45) is 0.993. The number of hydrogen-bond acceptors (Lipinski definition) is 2. The van der Waals surface area contributed by atoms with Crippen LogP contribution in [0.2, 0.25) is 0 Å². The van der Waals surface area contributed by atoms with Crippen molar-refractivity contribution < 1.29 is 4.79 Å². The fourth-order valence-electron chi connectivity index (χ4n) is 2.53. The number of anilines is 1. The number of likely N-dealkylation sites (N-methyl/N-ethyl adjacent to an activating group) is 1. The lowest BCUT2D eigenvalue weighted by Crippen LogP contribution is -2.36. The highest BCUT2D eigenvalue weighted by atomic mass is 16.2. The van der Waals surface area contributed by atoms with E-state index in [4.69, 9.17) is 5.26 Å². The molecule has 0 unspecified atom stereocenters. The molecular formula is C14H16N2O. The molecule has 1 aromatic carbocycles. The van der Waals surface area contributed by atoms with Crippen LogP contribution in [-0.4, -0.2) is 13.0 Å². The van der Waals surface area contributed by atoms with Gasteiger partial charge >= 0.3 is 0 Å². The first-order chi connectivity index (χ1) is 8.00. The summed E-state index contributed by atoms with van der Waals surface area (Å²) in [5, 5.41) is 8.72. The first-order valence-corrected chi connectivity index (χ1v) is 5.77. The maximum Gasteiger partial charge on any atom is 0.237 e. The van der Waals surface area contributed by atoms with Crippen molar-refractivity contribution in [2.24, 2.45) is 0 Å². The van der Waals surface area contributed by atoms with Gasteiger partial charge in [-0.1, -0.05) is 17.7 Å². The third-order valence-electron chi connectivity index (χ3n) is 3.62. The molecule has 17 heavy (non-hydrogen) atoms. The molecule has 0 saturated carbocycles. The molecule has 0 saturated heterocycles. The van der Waals surface area contributed by atoms with Gasteiger partial charge in [-0.05, 0) is 31.9 Å². The minimum Gasteiger partial charge on any atom is -0.314 e. The molecule has 1 aliphatic rings. The zero-order valence-electron chi connectivity index (χ0n) is 10.4. The van der Waals surface area contributed by atoms with Gasteiger partial charge in [0.1, 0.15) is 0 Å². The Hall–Kier alpha value is -1.82. The van der Waals surface area contributed by atoms with Gasteiger partial charge in [-0.3, -0.25) is 4.79 Å². The number of amides is 1. The number of fused-ring (bicyclic) bond motifs is 1. The van der Waals surface area contributed by atoms with Crippen LogP contribution in [0.1, 0.15) is 30.9 Å². The summed E-state index contributed by atoms with van der Waals surface area (Å²) in [6.45, 7) is 3.96. The van der Waals surface area contributed by atoms with E-state index in [1.54, 1.807) is 11.9 Å². The summed E-state index contributed by atoms with van der Waals surface area (Å²) < 4.78 is 0. The lowest BCUT2D eigenvalue weighted by atomic mass is 9.79. The molecular weight excluding hydrogens is 212 g/mol. The molecule has 1 aliphatic heterocycles. The van der Waals surface area contributed by atoms with Crippen molar-refractivity contribution in [2.75, 3.05) is 11.9 Å². The zero-order chi connectivity index (χ0) is 12.6. The third-order valence-corrected chi connectivity index (χ3v) is 3.62. The highest BCUT2D eigenvalue weighted by Crippen LogP contribution is 2.43. The Morgan fingerprint density at radius 1 is 1.47 bits per heavy atom. The molecule has 3 heteroatoms. The van der Waals surface area contributed by atoms with E-state index in [0.29, 0.717) is 12.8 Å². The van der Waals surface area contributed by atoms with Gasteiger partial charge < -0.3 is 4.90 Å². The number of nitriles is 1. The SMILES string of the molecule is Cc1ccc2c(c1)[C@](C)(CCC#N)C(=O)N2C. The minimum atomic E-state index is -0.536. The summed E-state index contributed by atoms with van der Waals surface area (Å²) in [7, 11) is 1.80. The Morgan fingerprint density at radius 3 is 2.82 bits per heavy atom. The number of rotatable bonds is 2. The molecule has 1 amide bonds. The Bertz CT molecular complexity index is 515. The van der Waals surface area contributed by atoms with Crippen molar-refractivity contribution in [1.82, 2.24) is 0 Å². The van der Waals surface area contributed by atoms with Crippen molar-refractivity contribution in [3.05, 3.63) is 29.3 Å². The molecule has 0 aromatic heterocycles. The number of benzene rings is 1. The largest absolute Gasteiger partial charge is 0.314 e. The highest BCUT2D eigenvalue weighted by Gasteiger charge is 2.45. The van der Waals surface area contributed by atoms with Gasteiger partial charge in [-0.2, -0.15) is 5.26 Å². The van der Waals surface area contributed by atoms with E-state index >= 15 is 0 Å². The zero-order valence-corrected chi connectivity index (χ0v) is 10.4. The van der Waals surface area contributed by atoms with Gasteiger partial charge in [0, 0.05) is 19.2 Å². The van der Waals surface area contributed by atoms with Crippen LogP contribution in [0.4, 0.5) is 5.69 Å². The molecule has 3 nitrogen and oxygen atoms in total. The van der Waals surface area contributed by atoms with E-state index in [1.807, 2.05) is 26.0 Å². The second-order valence-electron chi connectivity index (χ2n) is 4.87. The topological polar surface area (TPSA) is 44.1 Å². The molecule has 2 rings (SSSR count). The standard InChI is InChI=1S/C14H16N2O/c1-10-5-6-12-11(9-10)14(2,7-4-8-15)13(17)16(12)3/h5-6,9H,4,7H2,1-3H3/t14-/m0/s1. The molecule has 1 heterocycles. The molecule has 0 radical (unpaired) electrons. The lowest BCUT2D eigenvalue weighted by molar-refractivity contribution is -0.122. The Balaban J connectivity index is 2.53. The first kappa shape index (κ1) is 11.7.